The third-order valence-corrected chi connectivity index (χ3v) is 5.40. The number of aliphatic hydroxyl groups is 1. The maximum atomic E-state index is 14.2. The number of nitrogens with zero attached hydrogens (tertiary/aromatic N) is 1. The Kier molecular flexibility index (Phi) is 9.36. The van der Waals surface area contributed by atoms with Crippen LogP contribution in [0.25, 0.3) is 0 Å². The van der Waals surface area contributed by atoms with E-state index in [1.54, 1.807) is 38.5 Å². The molecule has 0 aromatic heterocycles. The molecule has 2 aromatic carbocycles. The number of hydrogen-bond acceptors (Lipinski definition) is 4. The average molecular weight is 543 g/mol. The second kappa shape index (κ2) is 11.5. The summed E-state index contributed by atoms with van der Waals surface area (Å²) in [5.41, 5.74) is 1.18. The zero-order valence-electron chi connectivity index (χ0n) is 18.2. The van der Waals surface area contributed by atoms with E-state index in [9.17, 15) is 9.50 Å². The highest BCUT2D eigenvalue weighted by Crippen LogP contribution is 2.49. The summed E-state index contributed by atoms with van der Waals surface area (Å²) in [5.74, 6) is 1.65. The van der Waals surface area contributed by atoms with Crippen LogP contribution in [0.5, 0.6) is 11.5 Å². The van der Waals surface area contributed by atoms with Gasteiger partial charge in [-0.1, -0.05) is 18.2 Å². The highest BCUT2D eigenvalue weighted by atomic mass is 127. The van der Waals surface area contributed by atoms with Crippen LogP contribution in [0.15, 0.2) is 47.5 Å². The van der Waals surface area contributed by atoms with E-state index < -0.39 is 6.10 Å². The van der Waals surface area contributed by atoms with Crippen LogP contribution in [0.3, 0.4) is 0 Å². The van der Waals surface area contributed by atoms with E-state index in [1.807, 2.05) is 19.1 Å². The lowest BCUT2D eigenvalue weighted by atomic mass is 9.95. The maximum absolute atomic E-state index is 14.2. The number of rotatable bonds is 9. The summed E-state index contributed by atoms with van der Waals surface area (Å²) in [7, 11) is 3.14. The summed E-state index contributed by atoms with van der Waals surface area (Å²) >= 11 is 0. The van der Waals surface area contributed by atoms with Gasteiger partial charge in [0, 0.05) is 24.6 Å². The number of hydrogen-bond donors (Lipinski definition) is 3. The number of ether oxygens (including phenoxy) is 2. The zero-order chi connectivity index (χ0) is 21.6. The van der Waals surface area contributed by atoms with Crippen molar-refractivity contribution in [3.8, 4) is 11.5 Å². The van der Waals surface area contributed by atoms with Gasteiger partial charge in [0.1, 0.15) is 17.3 Å². The molecule has 0 heterocycles. The second-order valence-corrected chi connectivity index (χ2v) is 7.50. The molecule has 1 fully saturated rings. The fraction of sp³-hybridized carbons (Fsp3) is 0.435. The van der Waals surface area contributed by atoms with E-state index in [0.29, 0.717) is 36.1 Å². The van der Waals surface area contributed by atoms with Gasteiger partial charge in [0.2, 0.25) is 0 Å². The van der Waals surface area contributed by atoms with Gasteiger partial charge in [0.25, 0.3) is 0 Å². The van der Waals surface area contributed by atoms with Crippen molar-refractivity contribution in [3.63, 3.8) is 0 Å². The third kappa shape index (κ3) is 6.46. The molecule has 1 atom stereocenters. The molecule has 0 spiro atoms. The largest absolute Gasteiger partial charge is 0.497 e. The van der Waals surface area contributed by atoms with Gasteiger partial charge in [-0.05, 0) is 49.1 Å². The van der Waals surface area contributed by atoms with E-state index in [-0.39, 0.29) is 41.8 Å². The number of guanidine groups is 1. The third-order valence-electron chi connectivity index (χ3n) is 5.40. The molecule has 8 heteroatoms. The predicted octanol–water partition coefficient (Wildman–Crippen LogP) is 3.78. The van der Waals surface area contributed by atoms with Crippen LogP contribution in [-0.2, 0) is 5.41 Å². The number of methoxy groups -OCH3 is 2. The Morgan fingerprint density at radius 1 is 1.13 bits per heavy atom. The van der Waals surface area contributed by atoms with E-state index in [1.165, 1.54) is 6.07 Å². The lowest BCUT2D eigenvalue weighted by Crippen LogP contribution is -2.40. The Morgan fingerprint density at radius 3 is 2.32 bits per heavy atom. The predicted molar refractivity (Wildman–Crippen MR) is 131 cm³/mol. The first kappa shape index (κ1) is 25.2. The van der Waals surface area contributed by atoms with Crippen molar-refractivity contribution < 1.29 is 19.0 Å². The molecule has 1 aliphatic carbocycles. The Hall–Kier alpha value is -2.07. The van der Waals surface area contributed by atoms with Crippen molar-refractivity contribution in [1.82, 2.24) is 10.6 Å². The Bertz CT molecular complexity index is 868. The molecule has 0 saturated heterocycles. The topological polar surface area (TPSA) is 75.1 Å². The SMILES string of the molecule is CCNC(=NCC1(c2ccccc2F)CC1)NCC(O)c1cc(OC)cc(OC)c1.I. The van der Waals surface area contributed by atoms with Gasteiger partial charge in [-0.2, -0.15) is 0 Å². The fourth-order valence-corrected chi connectivity index (χ4v) is 3.46. The molecule has 1 saturated carbocycles. The van der Waals surface area contributed by atoms with Crippen molar-refractivity contribution in [2.24, 2.45) is 4.99 Å². The fourth-order valence-electron chi connectivity index (χ4n) is 3.46. The van der Waals surface area contributed by atoms with Crippen LogP contribution < -0.4 is 20.1 Å². The number of benzene rings is 2. The lowest BCUT2D eigenvalue weighted by molar-refractivity contribution is 0.180. The maximum Gasteiger partial charge on any atom is 0.191 e. The molecule has 1 aliphatic rings. The standard InChI is InChI=1S/C23H30FN3O3.HI/c1-4-25-22(27-15-23(9-10-23)19-7-5-6-8-20(19)24)26-14-21(28)16-11-17(29-2)13-18(12-16)30-3;/h5-8,11-13,21,28H,4,9-10,14-15H2,1-3H3,(H2,25,26,27);1H. The van der Waals surface area contributed by atoms with Crippen LogP contribution >= 0.6 is 24.0 Å². The minimum absolute atomic E-state index is 0. The van der Waals surface area contributed by atoms with Gasteiger partial charge < -0.3 is 25.2 Å². The first-order valence-electron chi connectivity index (χ1n) is 10.2. The molecule has 31 heavy (non-hydrogen) atoms. The number of aliphatic imine (C=N–C) groups is 1. The molecule has 1 unspecified atom stereocenters. The summed E-state index contributed by atoms with van der Waals surface area (Å²) in [6.07, 6.45) is 1.06. The first-order chi connectivity index (χ1) is 14.5. The van der Waals surface area contributed by atoms with Crippen molar-refractivity contribution in [3.05, 3.63) is 59.4 Å². The van der Waals surface area contributed by atoms with E-state index in [4.69, 9.17) is 9.47 Å². The Balaban J connectivity index is 0.00000341. The number of halogens is 2. The van der Waals surface area contributed by atoms with E-state index in [0.717, 1.165) is 18.4 Å². The van der Waals surface area contributed by atoms with Gasteiger partial charge in [-0.3, -0.25) is 4.99 Å². The molecule has 6 nitrogen and oxygen atoms in total. The van der Waals surface area contributed by atoms with Crippen LogP contribution in [0.1, 0.15) is 37.0 Å². The number of aliphatic hydroxyl groups excluding tert-OH is 1. The molecule has 170 valence electrons. The van der Waals surface area contributed by atoms with Crippen LogP contribution in [0.2, 0.25) is 0 Å². The molecule has 0 radical (unpaired) electrons. The highest BCUT2D eigenvalue weighted by Gasteiger charge is 2.45. The summed E-state index contributed by atoms with van der Waals surface area (Å²) in [4.78, 5) is 4.67. The van der Waals surface area contributed by atoms with E-state index >= 15 is 0 Å². The van der Waals surface area contributed by atoms with Gasteiger partial charge in [-0.25, -0.2) is 4.39 Å². The minimum atomic E-state index is -0.778. The highest BCUT2D eigenvalue weighted by molar-refractivity contribution is 14.0. The molecule has 3 rings (SSSR count). The molecule has 3 N–H and O–H groups in total. The Morgan fingerprint density at radius 2 is 1.77 bits per heavy atom. The van der Waals surface area contributed by atoms with Crippen molar-refractivity contribution >= 4 is 29.9 Å². The molecule has 0 amide bonds. The lowest BCUT2D eigenvalue weighted by Gasteiger charge is -2.18. The average Bonchev–Trinajstić information content (AvgIpc) is 3.56. The monoisotopic (exact) mass is 543 g/mol. The normalized spacial score (nSPS) is 15.5. The van der Waals surface area contributed by atoms with E-state index in [2.05, 4.69) is 15.6 Å². The summed E-state index contributed by atoms with van der Waals surface area (Å²) in [5, 5.41) is 17.0. The molecular weight excluding hydrogens is 512 g/mol. The van der Waals surface area contributed by atoms with Gasteiger partial charge in [-0.15, -0.1) is 24.0 Å². The van der Waals surface area contributed by atoms with Crippen LogP contribution in [-0.4, -0.2) is 44.9 Å². The number of nitrogens with one attached hydrogen (secondary N) is 2. The summed E-state index contributed by atoms with van der Waals surface area (Å²) in [6, 6.07) is 12.2. The minimum Gasteiger partial charge on any atom is -0.497 e. The smallest absolute Gasteiger partial charge is 0.191 e. The van der Waals surface area contributed by atoms with Crippen molar-refractivity contribution in [2.45, 2.75) is 31.3 Å². The molecular formula is C23H31FIN3O3. The van der Waals surface area contributed by atoms with Gasteiger partial charge in [0.05, 0.1) is 26.9 Å². The zero-order valence-corrected chi connectivity index (χ0v) is 20.5. The molecule has 2 aromatic rings. The first-order valence-corrected chi connectivity index (χ1v) is 10.2. The summed E-state index contributed by atoms with van der Waals surface area (Å²) < 4.78 is 24.8. The molecule has 0 bridgehead atoms. The quantitative estimate of drug-likeness (QED) is 0.255. The van der Waals surface area contributed by atoms with Crippen LogP contribution in [0, 0.1) is 5.82 Å². The van der Waals surface area contributed by atoms with Gasteiger partial charge in [0.15, 0.2) is 5.96 Å². The molecule has 0 aliphatic heterocycles. The van der Waals surface area contributed by atoms with Crippen molar-refractivity contribution in [1.29, 1.82) is 0 Å². The van der Waals surface area contributed by atoms with Crippen LogP contribution in [0.4, 0.5) is 4.39 Å². The second-order valence-electron chi connectivity index (χ2n) is 7.50. The van der Waals surface area contributed by atoms with Crippen molar-refractivity contribution in [2.75, 3.05) is 33.9 Å². The Labute approximate surface area is 200 Å². The summed E-state index contributed by atoms with van der Waals surface area (Å²) in [6.45, 7) is 3.41. The van der Waals surface area contributed by atoms with Gasteiger partial charge >= 0.3 is 0 Å².